The highest BCUT2D eigenvalue weighted by atomic mass is 16.2. The lowest BCUT2D eigenvalue weighted by atomic mass is 10.1. The largest absolute Gasteiger partial charge is 0.368 e. The van der Waals surface area contributed by atoms with Crippen LogP contribution in [0.2, 0.25) is 0 Å². The number of anilines is 2. The van der Waals surface area contributed by atoms with Gasteiger partial charge in [-0.05, 0) is 51.9 Å². The van der Waals surface area contributed by atoms with E-state index in [0.29, 0.717) is 18.3 Å². The van der Waals surface area contributed by atoms with E-state index in [9.17, 15) is 4.79 Å². The van der Waals surface area contributed by atoms with Crippen LogP contribution in [-0.4, -0.2) is 53.6 Å². The van der Waals surface area contributed by atoms with Crippen LogP contribution in [0.1, 0.15) is 42.0 Å². The van der Waals surface area contributed by atoms with Gasteiger partial charge < -0.3 is 15.1 Å². The number of aromatic nitrogens is 3. The molecule has 7 heteroatoms. The molecule has 0 radical (unpaired) electrons. The molecular weight excluding hydrogens is 328 g/mol. The van der Waals surface area contributed by atoms with Crippen LogP contribution in [0.3, 0.4) is 0 Å². The van der Waals surface area contributed by atoms with Crippen molar-refractivity contribution < 1.29 is 4.79 Å². The van der Waals surface area contributed by atoms with E-state index in [4.69, 9.17) is 0 Å². The summed E-state index contributed by atoms with van der Waals surface area (Å²) in [6.45, 7) is 8.51. The molecule has 0 bridgehead atoms. The van der Waals surface area contributed by atoms with Gasteiger partial charge in [-0.25, -0.2) is 4.68 Å². The van der Waals surface area contributed by atoms with E-state index < -0.39 is 0 Å². The number of nitrogens with zero attached hydrogens (tertiary/aromatic N) is 5. The van der Waals surface area contributed by atoms with E-state index in [2.05, 4.69) is 33.5 Å². The summed E-state index contributed by atoms with van der Waals surface area (Å²) in [7, 11) is 0. The number of likely N-dealkylation sites (N-methyl/N-ethyl adjacent to an activating group) is 1. The Morgan fingerprint density at radius 1 is 1.19 bits per heavy atom. The van der Waals surface area contributed by atoms with Gasteiger partial charge >= 0.3 is 0 Å². The van der Waals surface area contributed by atoms with Crippen LogP contribution in [-0.2, 0) is 0 Å². The molecule has 138 valence electrons. The predicted octanol–water partition coefficient (Wildman–Crippen LogP) is 2.00. The van der Waals surface area contributed by atoms with E-state index in [1.807, 2.05) is 34.7 Å². The summed E-state index contributed by atoms with van der Waals surface area (Å²) in [4.78, 5) is 17.4. The minimum Gasteiger partial charge on any atom is -0.368 e. The van der Waals surface area contributed by atoms with Crippen molar-refractivity contribution in [2.75, 3.05) is 42.5 Å². The van der Waals surface area contributed by atoms with Crippen molar-refractivity contribution in [3.05, 3.63) is 35.7 Å². The number of carbonyl (C=O) groups excluding carboxylic acids is 1. The van der Waals surface area contributed by atoms with Gasteiger partial charge in [0.05, 0.1) is 23.1 Å². The molecule has 0 atom stereocenters. The minimum absolute atomic E-state index is 0.0501. The number of hydrogen-bond acceptors (Lipinski definition) is 5. The molecule has 1 N–H and O–H groups in total. The van der Waals surface area contributed by atoms with Crippen LogP contribution < -0.4 is 15.1 Å². The van der Waals surface area contributed by atoms with Gasteiger partial charge in [-0.3, -0.25) is 4.79 Å². The Bertz CT molecular complexity index is 795. The van der Waals surface area contributed by atoms with Gasteiger partial charge in [0.25, 0.3) is 5.91 Å². The highest BCUT2D eigenvalue weighted by molar-refractivity contribution is 6.07. The smallest absolute Gasteiger partial charge is 0.280 e. The molecule has 7 nitrogen and oxygen atoms in total. The molecule has 1 aromatic heterocycles. The number of rotatable bonds is 3. The van der Waals surface area contributed by atoms with Crippen molar-refractivity contribution in [1.29, 1.82) is 0 Å². The lowest BCUT2D eigenvalue weighted by molar-refractivity contribution is 0.0981. The third-order valence-electron chi connectivity index (χ3n) is 5.52. The summed E-state index contributed by atoms with van der Waals surface area (Å²) in [5, 5.41) is 12.0. The minimum atomic E-state index is -0.0501. The number of hydrogen-bond donors (Lipinski definition) is 1. The summed E-state index contributed by atoms with van der Waals surface area (Å²) < 4.78 is 1.95. The summed E-state index contributed by atoms with van der Waals surface area (Å²) in [6.07, 6.45) is 2.05. The van der Waals surface area contributed by atoms with Crippen molar-refractivity contribution in [3.63, 3.8) is 0 Å². The molecule has 0 spiro atoms. The zero-order valence-corrected chi connectivity index (χ0v) is 15.5. The molecule has 1 aromatic carbocycles. The Balaban J connectivity index is 1.63. The Kier molecular flexibility index (Phi) is 4.63. The van der Waals surface area contributed by atoms with Gasteiger partial charge in [-0.1, -0.05) is 17.3 Å². The molecule has 26 heavy (non-hydrogen) atoms. The number of piperidine rings is 1. The van der Waals surface area contributed by atoms with Gasteiger partial charge in [0.1, 0.15) is 0 Å². The number of amides is 1. The first-order valence-electron chi connectivity index (χ1n) is 9.49. The maximum atomic E-state index is 13.3. The van der Waals surface area contributed by atoms with Gasteiger partial charge in [-0.15, -0.1) is 5.10 Å². The first kappa shape index (κ1) is 17.0. The van der Waals surface area contributed by atoms with Gasteiger partial charge in [0.2, 0.25) is 0 Å². The quantitative estimate of drug-likeness (QED) is 0.913. The summed E-state index contributed by atoms with van der Waals surface area (Å²) in [5.74, 6) is -0.0501. The molecule has 0 unspecified atom stereocenters. The molecular formula is C19H26N6O. The number of para-hydroxylation sites is 2. The zero-order chi connectivity index (χ0) is 18.1. The standard InChI is InChI=1S/C19H26N6O/c1-3-23-12-13-24(17-7-5-4-6-16(17)23)19(26)18-14(2)25(22-21-18)15-8-10-20-11-9-15/h4-7,15,20H,3,8-13H2,1-2H3. The third-order valence-corrected chi connectivity index (χ3v) is 5.52. The molecule has 2 aliphatic heterocycles. The van der Waals surface area contributed by atoms with Crippen LogP contribution >= 0.6 is 0 Å². The van der Waals surface area contributed by atoms with E-state index in [1.165, 1.54) is 0 Å². The molecule has 0 saturated carbocycles. The van der Waals surface area contributed by atoms with Crippen LogP contribution in [0, 0.1) is 6.92 Å². The van der Waals surface area contributed by atoms with Crippen LogP contribution in [0.25, 0.3) is 0 Å². The number of benzene rings is 1. The predicted molar refractivity (Wildman–Crippen MR) is 102 cm³/mol. The average Bonchev–Trinajstić information content (AvgIpc) is 3.08. The Hall–Kier alpha value is -2.41. The van der Waals surface area contributed by atoms with Gasteiger partial charge in [0, 0.05) is 19.6 Å². The second-order valence-electron chi connectivity index (χ2n) is 6.97. The summed E-state index contributed by atoms with van der Waals surface area (Å²) >= 11 is 0. The van der Waals surface area contributed by atoms with E-state index >= 15 is 0 Å². The maximum absolute atomic E-state index is 13.3. The number of carbonyl (C=O) groups is 1. The molecule has 2 aliphatic rings. The monoisotopic (exact) mass is 354 g/mol. The third kappa shape index (κ3) is 2.86. The van der Waals surface area contributed by atoms with Gasteiger partial charge in [-0.2, -0.15) is 0 Å². The van der Waals surface area contributed by atoms with Gasteiger partial charge in [0.15, 0.2) is 5.69 Å². The van der Waals surface area contributed by atoms with Crippen LogP contribution in [0.4, 0.5) is 11.4 Å². The highest BCUT2D eigenvalue weighted by Crippen LogP contribution is 2.33. The number of nitrogens with one attached hydrogen (secondary N) is 1. The van der Waals surface area contributed by atoms with Crippen LogP contribution in [0.15, 0.2) is 24.3 Å². The topological polar surface area (TPSA) is 66.3 Å². The van der Waals surface area contributed by atoms with E-state index in [1.54, 1.807) is 0 Å². The molecule has 0 aliphatic carbocycles. The fraction of sp³-hybridized carbons (Fsp3) is 0.526. The molecule has 1 fully saturated rings. The van der Waals surface area contributed by atoms with E-state index in [0.717, 1.165) is 56.1 Å². The molecule has 1 saturated heterocycles. The summed E-state index contributed by atoms with van der Waals surface area (Å²) in [5.41, 5.74) is 3.42. The van der Waals surface area contributed by atoms with Crippen molar-refractivity contribution in [3.8, 4) is 0 Å². The highest BCUT2D eigenvalue weighted by Gasteiger charge is 2.30. The lowest BCUT2D eigenvalue weighted by Gasteiger charge is -2.37. The molecule has 3 heterocycles. The molecule has 4 rings (SSSR count). The fourth-order valence-electron chi connectivity index (χ4n) is 4.03. The van der Waals surface area contributed by atoms with E-state index in [-0.39, 0.29) is 5.91 Å². The Labute approximate surface area is 154 Å². The SMILES string of the molecule is CCN1CCN(C(=O)c2nnn(C3CCNCC3)c2C)c2ccccc21. The summed E-state index contributed by atoms with van der Waals surface area (Å²) in [6, 6.07) is 8.43. The first-order valence-corrected chi connectivity index (χ1v) is 9.49. The van der Waals surface area contributed by atoms with Crippen molar-refractivity contribution in [2.45, 2.75) is 32.7 Å². The Morgan fingerprint density at radius 2 is 1.92 bits per heavy atom. The van der Waals surface area contributed by atoms with Crippen molar-refractivity contribution in [1.82, 2.24) is 20.3 Å². The Morgan fingerprint density at radius 3 is 2.65 bits per heavy atom. The average molecular weight is 354 g/mol. The maximum Gasteiger partial charge on any atom is 0.280 e. The second-order valence-corrected chi connectivity index (χ2v) is 6.97. The fourth-order valence-corrected chi connectivity index (χ4v) is 4.03. The normalized spacial score (nSPS) is 18.1. The zero-order valence-electron chi connectivity index (χ0n) is 15.5. The second kappa shape index (κ2) is 7.07. The first-order chi connectivity index (χ1) is 12.7. The lowest BCUT2D eigenvalue weighted by Crippen LogP contribution is -2.44. The molecule has 1 amide bonds. The van der Waals surface area contributed by atoms with Crippen molar-refractivity contribution in [2.24, 2.45) is 0 Å². The van der Waals surface area contributed by atoms with Crippen molar-refractivity contribution >= 4 is 17.3 Å². The van der Waals surface area contributed by atoms with Crippen LogP contribution in [0.5, 0.6) is 0 Å². The number of fused-ring (bicyclic) bond motifs is 1. The molecule has 2 aromatic rings.